The molecule has 1 amide bonds. The molecular weight excluding hydrogens is 404 g/mol. The van der Waals surface area contributed by atoms with E-state index in [9.17, 15) is 13.2 Å². The molecule has 1 aliphatic rings. The number of thiophene rings is 1. The summed E-state index contributed by atoms with van der Waals surface area (Å²) in [5.41, 5.74) is 4.79. The Morgan fingerprint density at radius 3 is 2.52 bits per heavy atom. The molecule has 150 valence electrons. The molecule has 5 nitrogen and oxygen atoms in total. The van der Waals surface area contributed by atoms with E-state index in [-0.39, 0.29) is 16.2 Å². The predicted molar refractivity (Wildman–Crippen MR) is 116 cm³/mol. The van der Waals surface area contributed by atoms with Gasteiger partial charge in [-0.15, -0.1) is 11.3 Å². The van der Waals surface area contributed by atoms with Gasteiger partial charge >= 0.3 is 0 Å². The van der Waals surface area contributed by atoms with Crippen molar-refractivity contribution < 1.29 is 13.2 Å². The van der Waals surface area contributed by atoms with E-state index in [0.29, 0.717) is 11.3 Å². The summed E-state index contributed by atoms with van der Waals surface area (Å²) in [5.74, 6) is -0.189. The number of aryl methyl sites for hydroxylation is 2. The van der Waals surface area contributed by atoms with Crippen LogP contribution in [0.15, 0.2) is 64.2 Å². The Bertz CT molecular complexity index is 1120. The first-order valence-electron chi connectivity index (χ1n) is 9.51. The van der Waals surface area contributed by atoms with Gasteiger partial charge in [-0.05, 0) is 78.6 Å². The molecule has 0 unspecified atom stereocenters. The normalized spacial score (nSPS) is 14.2. The van der Waals surface area contributed by atoms with E-state index in [2.05, 4.69) is 28.2 Å². The lowest BCUT2D eigenvalue weighted by Gasteiger charge is -2.16. The minimum atomic E-state index is -3.60. The number of benzene rings is 2. The SMILES string of the molecule is C[C@@H](NC(=O)c1ccc(NS(=O)(=O)c2cccs2)cc1)c1ccc2c(c1)CCC2. The third kappa shape index (κ3) is 4.36. The van der Waals surface area contributed by atoms with Crippen molar-refractivity contribution in [3.8, 4) is 0 Å². The Morgan fingerprint density at radius 2 is 1.79 bits per heavy atom. The fourth-order valence-electron chi connectivity index (χ4n) is 3.54. The Morgan fingerprint density at radius 1 is 1.03 bits per heavy atom. The first-order chi connectivity index (χ1) is 13.9. The molecule has 0 aliphatic heterocycles. The number of nitrogens with one attached hydrogen (secondary N) is 2. The summed E-state index contributed by atoms with van der Waals surface area (Å²) in [6.07, 6.45) is 3.44. The highest BCUT2D eigenvalue weighted by Gasteiger charge is 2.17. The average molecular weight is 427 g/mol. The van der Waals surface area contributed by atoms with E-state index in [1.807, 2.05) is 6.92 Å². The fourth-order valence-corrected chi connectivity index (χ4v) is 5.59. The maximum Gasteiger partial charge on any atom is 0.271 e. The summed E-state index contributed by atoms with van der Waals surface area (Å²) in [5, 5.41) is 4.73. The number of carbonyl (C=O) groups is 1. The van der Waals surface area contributed by atoms with Crippen LogP contribution in [0.5, 0.6) is 0 Å². The molecule has 0 bridgehead atoms. The van der Waals surface area contributed by atoms with Crippen molar-refractivity contribution in [2.75, 3.05) is 4.72 Å². The molecule has 1 aromatic heterocycles. The minimum Gasteiger partial charge on any atom is -0.346 e. The van der Waals surface area contributed by atoms with Crippen molar-refractivity contribution in [1.82, 2.24) is 5.32 Å². The van der Waals surface area contributed by atoms with Crippen LogP contribution >= 0.6 is 11.3 Å². The largest absolute Gasteiger partial charge is 0.346 e. The molecule has 1 atom stereocenters. The quantitative estimate of drug-likeness (QED) is 0.608. The molecule has 29 heavy (non-hydrogen) atoms. The van der Waals surface area contributed by atoms with E-state index < -0.39 is 10.0 Å². The van der Waals surface area contributed by atoms with Gasteiger partial charge in [0, 0.05) is 11.3 Å². The molecule has 0 saturated heterocycles. The van der Waals surface area contributed by atoms with Crippen LogP contribution in [0.1, 0.15) is 46.4 Å². The molecule has 3 aromatic rings. The zero-order chi connectivity index (χ0) is 20.4. The number of anilines is 1. The van der Waals surface area contributed by atoms with Crippen LogP contribution in [0.3, 0.4) is 0 Å². The highest BCUT2D eigenvalue weighted by molar-refractivity contribution is 7.94. The average Bonchev–Trinajstić information content (AvgIpc) is 3.39. The predicted octanol–water partition coefficient (Wildman–Crippen LogP) is 4.53. The number of hydrogen-bond donors (Lipinski definition) is 2. The van der Waals surface area contributed by atoms with Crippen LogP contribution in [0.25, 0.3) is 0 Å². The van der Waals surface area contributed by atoms with Crippen LogP contribution in [0, 0.1) is 0 Å². The van der Waals surface area contributed by atoms with Crippen molar-refractivity contribution in [3.05, 3.63) is 82.2 Å². The molecular formula is C22H22N2O3S2. The van der Waals surface area contributed by atoms with Gasteiger partial charge in [0.1, 0.15) is 4.21 Å². The lowest BCUT2D eigenvalue weighted by molar-refractivity contribution is 0.0940. The zero-order valence-corrected chi connectivity index (χ0v) is 17.6. The van der Waals surface area contributed by atoms with Crippen molar-refractivity contribution in [2.45, 2.75) is 36.4 Å². The van der Waals surface area contributed by atoms with E-state index in [0.717, 1.165) is 29.7 Å². The second-order valence-corrected chi connectivity index (χ2v) is 10.0. The second kappa shape index (κ2) is 8.00. The Balaban J connectivity index is 1.41. The third-order valence-corrected chi connectivity index (χ3v) is 7.91. The molecule has 2 N–H and O–H groups in total. The summed E-state index contributed by atoms with van der Waals surface area (Å²) < 4.78 is 27.3. The van der Waals surface area contributed by atoms with Crippen molar-refractivity contribution in [1.29, 1.82) is 0 Å². The summed E-state index contributed by atoms with van der Waals surface area (Å²) in [4.78, 5) is 12.6. The number of fused-ring (bicyclic) bond motifs is 1. The summed E-state index contributed by atoms with van der Waals surface area (Å²) in [6, 6.07) is 16.0. The van der Waals surface area contributed by atoms with E-state index >= 15 is 0 Å². The highest BCUT2D eigenvalue weighted by Crippen LogP contribution is 2.26. The molecule has 0 fully saturated rings. The Hall–Kier alpha value is -2.64. The lowest BCUT2D eigenvalue weighted by Crippen LogP contribution is -2.26. The maximum atomic E-state index is 12.6. The number of amides is 1. The van der Waals surface area contributed by atoms with Gasteiger partial charge in [0.05, 0.1) is 6.04 Å². The molecule has 0 spiro atoms. The van der Waals surface area contributed by atoms with Crippen LogP contribution in [0.2, 0.25) is 0 Å². The van der Waals surface area contributed by atoms with Crippen LogP contribution in [-0.4, -0.2) is 14.3 Å². The first kappa shape index (κ1) is 19.7. The Kier molecular flexibility index (Phi) is 5.43. The third-order valence-electron chi connectivity index (χ3n) is 5.13. The molecule has 4 rings (SSSR count). The van der Waals surface area contributed by atoms with Crippen molar-refractivity contribution >= 4 is 33.0 Å². The van der Waals surface area contributed by atoms with Crippen LogP contribution in [-0.2, 0) is 22.9 Å². The van der Waals surface area contributed by atoms with Gasteiger partial charge in [0.2, 0.25) is 0 Å². The van der Waals surface area contributed by atoms with Crippen LogP contribution < -0.4 is 10.0 Å². The summed E-state index contributed by atoms with van der Waals surface area (Å²) in [7, 11) is -3.60. The zero-order valence-electron chi connectivity index (χ0n) is 16.0. The van der Waals surface area contributed by atoms with Crippen molar-refractivity contribution in [3.63, 3.8) is 0 Å². The van der Waals surface area contributed by atoms with Gasteiger partial charge in [-0.25, -0.2) is 8.42 Å². The second-order valence-electron chi connectivity index (χ2n) is 7.19. The van der Waals surface area contributed by atoms with E-state index in [1.54, 1.807) is 41.8 Å². The van der Waals surface area contributed by atoms with Gasteiger partial charge in [0.15, 0.2) is 0 Å². The van der Waals surface area contributed by atoms with Gasteiger partial charge in [-0.1, -0.05) is 24.3 Å². The molecule has 1 heterocycles. The summed E-state index contributed by atoms with van der Waals surface area (Å²) >= 11 is 1.15. The summed E-state index contributed by atoms with van der Waals surface area (Å²) in [6.45, 7) is 1.97. The number of rotatable bonds is 6. The number of sulfonamides is 1. The van der Waals surface area contributed by atoms with Crippen LogP contribution in [0.4, 0.5) is 5.69 Å². The molecule has 1 aliphatic carbocycles. The Labute approximate surface area is 174 Å². The standard InChI is InChI=1S/C22H22N2O3S2/c1-15(18-8-7-16-4-2-5-19(16)14-18)23-22(25)17-9-11-20(12-10-17)24-29(26,27)21-6-3-13-28-21/h3,6-15,24H,2,4-5H2,1H3,(H,23,25)/t15-/m1/s1. The molecule has 2 aromatic carbocycles. The van der Waals surface area contributed by atoms with Crippen molar-refractivity contribution in [2.24, 2.45) is 0 Å². The van der Waals surface area contributed by atoms with E-state index in [1.165, 1.54) is 17.5 Å². The molecule has 7 heteroatoms. The molecule has 0 radical (unpaired) electrons. The van der Waals surface area contributed by atoms with Gasteiger partial charge in [-0.3, -0.25) is 9.52 Å². The minimum absolute atomic E-state index is 0.106. The smallest absolute Gasteiger partial charge is 0.271 e. The lowest BCUT2D eigenvalue weighted by atomic mass is 10.0. The number of hydrogen-bond acceptors (Lipinski definition) is 4. The number of carbonyl (C=O) groups excluding carboxylic acids is 1. The van der Waals surface area contributed by atoms with Gasteiger partial charge < -0.3 is 5.32 Å². The maximum absolute atomic E-state index is 12.6. The topological polar surface area (TPSA) is 75.3 Å². The van der Waals surface area contributed by atoms with Gasteiger partial charge in [-0.2, -0.15) is 0 Å². The molecule has 0 saturated carbocycles. The first-order valence-corrected chi connectivity index (χ1v) is 11.9. The fraction of sp³-hybridized carbons (Fsp3) is 0.227. The van der Waals surface area contributed by atoms with E-state index in [4.69, 9.17) is 0 Å². The monoisotopic (exact) mass is 426 g/mol. The highest BCUT2D eigenvalue weighted by atomic mass is 32.2. The van der Waals surface area contributed by atoms with Gasteiger partial charge in [0.25, 0.3) is 15.9 Å².